The van der Waals surface area contributed by atoms with E-state index in [0.717, 1.165) is 31.2 Å². The average Bonchev–Trinajstić information content (AvgIpc) is 3.40. The highest BCUT2D eigenvalue weighted by atomic mass is 79.9. The first-order valence-corrected chi connectivity index (χ1v) is 19.2. The Hall–Kier alpha value is -2.44. The minimum absolute atomic E-state index is 0. The van der Waals surface area contributed by atoms with Crippen LogP contribution in [0.4, 0.5) is 4.79 Å². The van der Waals surface area contributed by atoms with Gasteiger partial charge in [-0.15, -0.1) is 12.4 Å². The van der Waals surface area contributed by atoms with Crippen molar-refractivity contribution in [2.45, 2.75) is 52.6 Å². The molecule has 2 atom stereocenters. The van der Waals surface area contributed by atoms with Crippen molar-refractivity contribution in [3.63, 3.8) is 0 Å². The lowest BCUT2D eigenvalue weighted by atomic mass is 9.86. The van der Waals surface area contributed by atoms with Crippen LogP contribution in [0.15, 0.2) is 80.7 Å². The molecule has 48 heavy (non-hydrogen) atoms. The summed E-state index contributed by atoms with van der Waals surface area (Å²) in [5.41, 5.74) is 3.79. The predicted molar refractivity (Wildman–Crippen MR) is 206 cm³/mol. The molecule has 2 amide bonds. The largest absolute Gasteiger partial charge is 0.493 e. The van der Waals surface area contributed by atoms with Crippen molar-refractivity contribution in [3.05, 3.63) is 97.9 Å². The van der Waals surface area contributed by atoms with Crippen LogP contribution in [0.3, 0.4) is 0 Å². The first-order chi connectivity index (χ1) is 21.7. The van der Waals surface area contributed by atoms with Crippen LogP contribution in [0.5, 0.6) is 5.75 Å². The number of sulfone groups is 1. The normalized spacial score (nSPS) is 18.5. The number of benzene rings is 3. The van der Waals surface area contributed by atoms with Crippen molar-refractivity contribution in [2.75, 3.05) is 51.3 Å². The van der Waals surface area contributed by atoms with Crippen LogP contribution in [0.25, 0.3) is 0 Å². The summed E-state index contributed by atoms with van der Waals surface area (Å²) in [5, 5.41) is 0. The quantitative estimate of drug-likeness (QED) is 0.229. The number of urea groups is 1. The molecular formula is C36H47Br2ClN4O4S. The zero-order valence-electron chi connectivity index (χ0n) is 27.4. The number of ether oxygens (including phenoxy) is 1. The molecule has 8 nitrogen and oxygen atoms in total. The SMILES string of the molecule is C.CCOc1cc(C(C)(C)C)ccc1C1=N[C@@H](c2ccc(Br)cc2)[C@@H](c2ccc(Br)cc2)N1C(=O)N1CCN(CCS(C)(=O)=O)CC1.Cl. The Morgan fingerprint density at radius 1 is 0.917 bits per heavy atom. The molecule has 0 N–H and O–H groups in total. The lowest BCUT2D eigenvalue weighted by Crippen LogP contribution is -2.54. The summed E-state index contributed by atoms with van der Waals surface area (Å²) >= 11 is 7.14. The third-order valence-corrected chi connectivity index (χ3v) is 10.5. The highest BCUT2D eigenvalue weighted by Crippen LogP contribution is 2.46. The van der Waals surface area contributed by atoms with Gasteiger partial charge in [-0.25, -0.2) is 13.2 Å². The maximum Gasteiger partial charge on any atom is 0.326 e. The topological polar surface area (TPSA) is 82.5 Å². The Balaban J connectivity index is 0.00000312. The predicted octanol–water partition coefficient (Wildman–Crippen LogP) is 8.29. The number of piperazine rings is 1. The molecule has 0 radical (unpaired) electrons. The van der Waals surface area contributed by atoms with Gasteiger partial charge in [-0.05, 0) is 65.4 Å². The standard InChI is InChI=1S/C35H42Br2N4O4S.CH4.ClH/c1-6-45-30-23-26(35(2,3)4)11-16-29(30)33-38-31(24-7-12-27(36)13-8-24)32(25-9-14-28(37)15-10-25)41(33)34(42)40-19-17-39(18-20-40)21-22-46(5,43)44;;/h7-16,23,31-32H,6,17-22H2,1-5H3;1H4;1H/t31-,32+;;/m0../s1. The Morgan fingerprint density at radius 3 is 2.00 bits per heavy atom. The van der Waals surface area contributed by atoms with Crippen LogP contribution < -0.4 is 4.74 Å². The minimum Gasteiger partial charge on any atom is -0.493 e. The van der Waals surface area contributed by atoms with Crippen molar-refractivity contribution in [1.82, 2.24) is 14.7 Å². The zero-order chi connectivity index (χ0) is 33.2. The van der Waals surface area contributed by atoms with E-state index in [0.29, 0.717) is 50.9 Å². The Bertz CT molecular complexity index is 1690. The number of amides is 2. The van der Waals surface area contributed by atoms with Gasteiger partial charge in [0.1, 0.15) is 27.5 Å². The fourth-order valence-corrected chi connectivity index (χ4v) is 7.03. The fourth-order valence-electron chi connectivity index (χ4n) is 5.91. The number of aliphatic imine (C=N–C) groups is 1. The van der Waals surface area contributed by atoms with Crippen molar-refractivity contribution < 1.29 is 17.9 Å². The van der Waals surface area contributed by atoms with Crippen LogP contribution in [-0.2, 0) is 15.3 Å². The second-order valence-corrected chi connectivity index (χ2v) is 17.0. The molecule has 0 bridgehead atoms. The number of carbonyl (C=O) groups excluding carboxylic acids is 1. The first-order valence-electron chi connectivity index (χ1n) is 15.6. The fraction of sp³-hybridized carbons (Fsp3) is 0.444. The minimum atomic E-state index is -3.07. The second-order valence-electron chi connectivity index (χ2n) is 13.0. The maximum absolute atomic E-state index is 14.8. The van der Waals surface area contributed by atoms with Crippen LogP contribution in [-0.4, -0.2) is 86.3 Å². The second kappa shape index (κ2) is 16.5. The van der Waals surface area contributed by atoms with E-state index >= 15 is 0 Å². The zero-order valence-corrected chi connectivity index (χ0v) is 32.3. The molecule has 262 valence electrons. The maximum atomic E-state index is 14.8. The summed E-state index contributed by atoms with van der Waals surface area (Å²) in [7, 11) is -3.07. The van der Waals surface area contributed by atoms with E-state index in [1.807, 2.05) is 47.1 Å². The monoisotopic (exact) mass is 824 g/mol. The number of nitrogens with zero attached hydrogens (tertiary/aromatic N) is 4. The van der Waals surface area contributed by atoms with Gasteiger partial charge in [0.2, 0.25) is 0 Å². The molecule has 0 spiro atoms. The van der Waals surface area contributed by atoms with Gasteiger partial charge in [0, 0.05) is 47.9 Å². The van der Waals surface area contributed by atoms with Crippen LogP contribution in [0.2, 0.25) is 0 Å². The van der Waals surface area contributed by atoms with E-state index in [-0.39, 0.29) is 43.1 Å². The Morgan fingerprint density at radius 2 is 1.48 bits per heavy atom. The van der Waals surface area contributed by atoms with Gasteiger partial charge >= 0.3 is 6.03 Å². The highest BCUT2D eigenvalue weighted by Gasteiger charge is 2.45. The van der Waals surface area contributed by atoms with Crippen molar-refractivity contribution in [1.29, 1.82) is 0 Å². The number of hydrogen-bond acceptors (Lipinski definition) is 6. The van der Waals surface area contributed by atoms with E-state index in [2.05, 4.69) is 93.9 Å². The summed E-state index contributed by atoms with van der Waals surface area (Å²) in [4.78, 5) is 26.0. The lowest BCUT2D eigenvalue weighted by Gasteiger charge is -2.39. The lowest BCUT2D eigenvalue weighted by molar-refractivity contribution is 0.122. The van der Waals surface area contributed by atoms with Crippen molar-refractivity contribution >= 4 is 66.0 Å². The highest BCUT2D eigenvalue weighted by molar-refractivity contribution is 9.10. The average molecular weight is 827 g/mol. The molecule has 0 saturated carbocycles. The van der Waals surface area contributed by atoms with Gasteiger partial charge in [0.15, 0.2) is 0 Å². The molecule has 1 saturated heterocycles. The molecule has 3 aromatic rings. The van der Waals surface area contributed by atoms with Gasteiger partial charge < -0.3 is 9.64 Å². The molecule has 0 unspecified atom stereocenters. The Kier molecular flexibility index (Phi) is 13.8. The third-order valence-electron chi connectivity index (χ3n) is 8.51. The Labute approximate surface area is 309 Å². The van der Waals surface area contributed by atoms with Gasteiger partial charge in [-0.2, -0.15) is 0 Å². The number of amidine groups is 1. The summed E-state index contributed by atoms with van der Waals surface area (Å²) in [6.07, 6.45) is 1.26. The van der Waals surface area contributed by atoms with Gasteiger partial charge in [-0.3, -0.25) is 14.8 Å². The van der Waals surface area contributed by atoms with Crippen LogP contribution in [0.1, 0.15) is 69.5 Å². The number of carbonyl (C=O) groups is 1. The van der Waals surface area contributed by atoms with E-state index in [4.69, 9.17) is 9.73 Å². The van der Waals surface area contributed by atoms with Gasteiger partial charge in [0.25, 0.3) is 0 Å². The van der Waals surface area contributed by atoms with Gasteiger partial charge in [-0.1, -0.05) is 90.4 Å². The van der Waals surface area contributed by atoms with Crippen molar-refractivity contribution in [2.24, 2.45) is 4.99 Å². The molecule has 12 heteroatoms. The van der Waals surface area contributed by atoms with Crippen LogP contribution in [0, 0.1) is 0 Å². The van der Waals surface area contributed by atoms with Crippen molar-refractivity contribution in [3.8, 4) is 5.75 Å². The summed E-state index contributed by atoms with van der Waals surface area (Å²) < 4.78 is 31.7. The van der Waals surface area contributed by atoms with E-state index in [9.17, 15) is 13.2 Å². The third kappa shape index (κ3) is 9.41. The smallest absolute Gasteiger partial charge is 0.326 e. The van der Waals surface area contributed by atoms with E-state index in [1.54, 1.807) is 0 Å². The molecular weight excluding hydrogens is 780 g/mol. The molecule has 0 aliphatic carbocycles. The van der Waals surface area contributed by atoms with Crippen LogP contribution >= 0.6 is 44.3 Å². The molecule has 2 aliphatic rings. The number of halogens is 3. The molecule has 0 aromatic heterocycles. The molecule has 2 aliphatic heterocycles. The van der Waals surface area contributed by atoms with Gasteiger partial charge in [0.05, 0.1) is 24.0 Å². The molecule has 5 rings (SSSR count). The molecule has 3 aromatic carbocycles. The summed E-state index contributed by atoms with van der Waals surface area (Å²) in [6, 6.07) is 21.6. The van der Waals surface area contributed by atoms with E-state index < -0.39 is 15.9 Å². The summed E-state index contributed by atoms with van der Waals surface area (Å²) in [6.45, 7) is 11.6. The summed E-state index contributed by atoms with van der Waals surface area (Å²) in [5.74, 6) is 1.38. The number of rotatable bonds is 8. The first kappa shape index (κ1) is 40.0. The molecule has 2 heterocycles. The number of hydrogen-bond donors (Lipinski definition) is 0. The van der Waals surface area contributed by atoms with E-state index in [1.165, 1.54) is 6.26 Å². The molecule has 1 fully saturated rings.